The third-order valence-corrected chi connectivity index (χ3v) is 3.21. The van der Waals surface area contributed by atoms with E-state index in [0.717, 1.165) is 0 Å². The van der Waals surface area contributed by atoms with E-state index < -0.39 is 12.0 Å². The lowest BCUT2D eigenvalue weighted by atomic mass is 10.1. The number of esters is 1. The van der Waals surface area contributed by atoms with Crippen LogP contribution in [0.1, 0.15) is 10.4 Å². The zero-order chi connectivity index (χ0) is 15.4. The van der Waals surface area contributed by atoms with E-state index in [-0.39, 0.29) is 36.2 Å². The highest BCUT2D eigenvalue weighted by molar-refractivity contribution is 6.31. The van der Waals surface area contributed by atoms with E-state index >= 15 is 0 Å². The third kappa shape index (κ3) is 3.71. The van der Waals surface area contributed by atoms with Gasteiger partial charge >= 0.3 is 5.97 Å². The third-order valence-electron chi connectivity index (χ3n) is 2.97. The zero-order valence-electron chi connectivity index (χ0n) is 11.2. The number of hydrogen-bond acceptors (Lipinski definition) is 5. The van der Waals surface area contributed by atoms with Gasteiger partial charge in [0.2, 0.25) is 11.8 Å². The molecular weight excluding hydrogens is 298 g/mol. The number of methoxy groups -OCH3 is 1. The van der Waals surface area contributed by atoms with Gasteiger partial charge in [-0.05, 0) is 18.2 Å². The summed E-state index contributed by atoms with van der Waals surface area (Å²) in [7, 11) is 1.25. The van der Waals surface area contributed by atoms with E-state index in [1.54, 1.807) is 0 Å². The second kappa shape index (κ2) is 6.55. The zero-order valence-corrected chi connectivity index (χ0v) is 12.0. The molecule has 8 heteroatoms. The maximum atomic E-state index is 12.1. The van der Waals surface area contributed by atoms with E-state index in [1.807, 2.05) is 0 Å². The number of amides is 2. The van der Waals surface area contributed by atoms with Crippen LogP contribution in [0.4, 0.5) is 5.69 Å². The molecule has 1 aromatic rings. The summed E-state index contributed by atoms with van der Waals surface area (Å²) in [6.07, 6.45) is 0. The number of piperazine rings is 1. The molecule has 1 saturated heterocycles. The van der Waals surface area contributed by atoms with Crippen molar-refractivity contribution >= 4 is 35.1 Å². The number of hydrogen-bond donors (Lipinski definition) is 3. The predicted molar refractivity (Wildman–Crippen MR) is 76.2 cm³/mol. The first-order chi connectivity index (χ1) is 10.0. The second-order valence-electron chi connectivity index (χ2n) is 4.41. The monoisotopic (exact) mass is 311 g/mol. The number of benzene rings is 1. The molecule has 21 heavy (non-hydrogen) atoms. The lowest BCUT2D eigenvalue weighted by Gasteiger charge is -2.23. The van der Waals surface area contributed by atoms with Crippen molar-refractivity contribution in [3.63, 3.8) is 0 Å². The first kappa shape index (κ1) is 15.3. The molecule has 112 valence electrons. The van der Waals surface area contributed by atoms with Crippen molar-refractivity contribution in [2.45, 2.75) is 6.04 Å². The maximum absolute atomic E-state index is 12.1. The number of carbonyl (C=O) groups is 3. The molecular formula is C13H14ClN3O4. The average molecular weight is 312 g/mol. The van der Waals surface area contributed by atoms with Crippen LogP contribution in [0.2, 0.25) is 5.02 Å². The Bertz CT molecular complexity index is 581. The van der Waals surface area contributed by atoms with E-state index in [0.29, 0.717) is 5.02 Å². The largest absolute Gasteiger partial charge is 0.465 e. The van der Waals surface area contributed by atoms with E-state index in [9.17, 15) is 14.4 Å². The molecule has 0 saturated carbocycles. The number of ether oxygens (including phenoxy) is 1. The summed E-state index contributed by atoms with van der Waals surface area (Å²) in [5.41, 5.74) is 0.466. The summed E-state index contributed by atoms with van der Waals surface area (Å²) < 4.78 is 4.65. The van der Waals surface area contributed by atoms with Crippen molar-refractivity contribution in [3.8, 4) is 0 Å². The fourth-order valence-corrected chi connectivity index (χ4v) is 2.05. The number of anilines is 1. The van der Waals surface area contributed by atoms with Gasteiger partial charge in [0.1, 0.15) is 6.04 Å². The lowest BCUT2D eigenvalue weighted by molar-refractivity contribution is -0.124. The SMILES string of the molecule is COC(=O)c1ccc(Cl)cc1NC(=O)C1CNC(=O)CN1. The predicted octanol–water partition coefficient (Wildman–Crippen LogP) is 0.153. The minimum Gasteiger partial charge on any atom is -0.465 e. The Morgan fingerprint density at radius 3 is 2.81 bits per heavy atom. The Morgan fingerprint density at radius 2 is 2.19 bits per heavy atom. The molecule has 2 rings (SSSR count). The fourth-order valence-electron chi connectivity index (χ4n) is 1.88. The lowest BCUT2D eigenvalue weighted by Crippen LogP contribution is -2.56. The first-order valence-electron chi connectivity index (χ1n) is 6.20. The molecule has 0 spiro atoms. The summed E-state index contributed by atoms with van der Waals surface area (Å²) in [6, 6.07) is 3.89. The molecule has 0 aliphatic carbocycles. The van der Waals surface area contributed by atoms with Crippen LogP contribution in [0.3, 0.4) is 0 Å². The van der Waals surface area contributed by atoms with Crippen LogP contribution in [0.25, 0.3) is 0 Å². The van der Waals surface area contributed by atoms with Gasteiger partial charge in [0.15, 0.2) is 0 Å². The summed E-state index contributed by atoms with van der Waals surface area (Å²) in [5, 5.41) is 8.36. The molecule has 1 aliphatic heterocycles. The first-order valence-corrected chi connectivity index (χ1v) is 6.58. The minimum atomic E-state index is -0.577. The quantitative estimate of drug-likeness (QED) is 0.691. The molecule has 0 bridgehead atoms. The molecule has 1 unspecified atom stereocenters. The highest BCUT2D eigenvalue weighted by Gasteiger charge is 2.25. The van der Waals surface area contributed by atoms with Crippen LogP contribution in [0.5, 0.6) is 0 Å². The molecule has 0 aromatic heterocycles. The molecule has 2 amide bonds. The molecule has 0 radical (unpaired) electrons. The van der Waals surface area contributed by atoms with Gasteiger partial charge in [-0.15, -0.1) is 0 Å². The van der Waals surface area contributed by atoms with Crippen LogP contribution in [0.15, 0.2) is 18.2 Å². The van der Waals surface area contributed by atoms with Gasteiger partial charge in [0.25, 0.3) is 0 Å². The topological polar surface area (TPSA) is 96.5 Å². The minimum absolute atomic E-state index is 0.0670. The van der Waals surface area contributed by atoms with Crippen molar-refractivity contribution in [1.29, 1.82) is 0 Å². The van der Waals surface area contributed by atoms with Crippen molar-refractivity contribution in [2.75, 3.05) is 25.5 Å². The van der Waals surface area contributed by atoms with Crippen LogP contribution in [-0.2, 0) is 14.3 Å². The smallest absolute Gasteiger partial charge is 0.339 e. The highest BCUT2D eigenvalue weighted by atomic mass is 35.5. The van der Waals surface area contributed by atoms with E-state index in [4.69, 9.17) is 11.6 Å². The average Bonchev–Trinajstić information content (AvgIpc) is 2.47. The Morgan fingerprint density at radius 1 is 1.43 bits per heavy atom. The standard InChI is InChI=1S/C13H14ClN3O4/c1-21-13(20)8-3-2-7(14)4-9(8)17-12(19)10-5-16-11(18)6-15-10/h2-4,10,15H,5-6H2,1H3,(H,16,18)(H,17,19). The van der Waals surface area contributed by atoms with Gasteiger partial charge in [-0.1, -0.05) is 11.6 Å². The van der Waals surface area contributed by atoms with Crippen molar-refractivity contribution in [1.82, 2.24) is 10.6 Å². The molecule has 1 heterocycles. The second-order valence-corrected chi connectivity index (χ2v) is 4.84. The van der Waals surface area contributed by atoms with Gasteiger partial charge < -0.3 is 15.4 Å². The van der Waals surface area contributed by atoms with Crippen LogP contribution in [0, 0.1) is 0 Å². The molecule has 7 nitrogen and oxygen atoms in total. The van der Waals surface area contributed by atoms with Gasteiger partial charge in [-0.25, -0.2) is 4.79 Å². The van der Waals surface area contributed by atoms with Gasteiger partial charge in [-0.2, -0.15) is 0 Å². The van der Waals surface area contributed by atoms with Crippen LogP contribution < -0.4 is 16.0 Å². The van der Waals surface area contributed by atoms with Gasteiger partial charge in [0.05, 0.1) is 24.9 Å². The van der Waals surface area contributed by atoms with Gasteiger partial charge in [-0.3, -0.25) is 14.9 Å². The Labute approximate surface area is 126 Å². The Kier molecular flexibility index (Phi) is 4.77. The molecule has 3 N–H and O–H groups in total. The van der Waals surface area contributed by atoms with Crippen LogP contribution >= 0.6 is 11.6 Å². The highest BCUT2D eigenvalue weighted by Crippen LogP contribution is 2.22. The summed E-state index contributed by atoms with van der Waals surface area (Å²) in [4.78, 5) is 34.8. The number of halogens is 1. The summed E-state index contributed by atoms with van der Waals surface area (Å²) >= 11 is 5.88. The normalized spacial score (nSPS) is 17.8. The molecule has 1 atom stereocenters. The van der Waals surface area contributed by atoms with Crippen molar-refractivity contribution in [2.24, 2.45) is 0 Å². The number of nitrogens with one attached hydrogen (secondary N) is 3. The molecule has 1 aliphatic rings. The van der Waals surface area contributed by atoms with E-state index in [2.05, 4.69) is 20.7 Å². The molecule has 1 fully saturated rings. The van der Waals surface area contributed by atoms with Gasteiger partial charge in [0, 0.05) is 11.6 Å². The van der Waals surface area contributed by atoms with Crippen molar-refractivity contribution in [3.05, 3.63) is 28.8 Å². The maximum Gasteiger partial charge on any atom is 0.339 e. The van der Waals surface area contributed by atoms with Crippen LogP contribution in [-0.4, -0.2) is 44.0 Å². The number of rotatable bonds is 3. The molecule has 1 aromatic carbocycles. The van der Waals surface area contributed by atoms with E-state index in [1.165, 1.54) is 25.3 Å². The number of carbonyl (C=O) groups excluding carboxylic acids is 3. The Hall–Kier alpha value is -2.12. The Balaban J connectivity index is 2.14. The fraction of sp³-hybridized carbons (Fsp3) is 0.308. The summed E-state index contributed by atoms with van der Waals surface area (Å²) in [6.45, 7) is 0.246. The van der Waals surface area contributed by atoms with Crippen molar-refractivity contribution < 1.29 is 19.1 Å². The summed E-state index contributed by atoms with van der Waals surface area (Å²) in [5.74, 6) is -1.12.